The smallest absolute Gasteiger partial charge is 0.137 e. The largest absolute Gasteiger partial charge is 0.310 e. The van der Waals surface area contributed by atoms with Crippen molar-refractivity contribution < 1.29 is 4.39 Å². The second kappa shape index (κ2) is 7.70. The molecule has 0 aliphatic carbocycles. The molecule has 1 nitrogen and oxygen atoms in total. The molecule has 1 aromatic carbocycles. The summed E-state index contributed by atoms with van der Waals surface area (Å²) in [6, 6.07) is 5.55. The van der Waals surface area contributed by atoms with Crippen LogP contribution >= 0.6 is 15.9 Å². The van der Waals surface area contributed by atoms with E-state index in [1.165, 1.54) is 0 Å². The van der Waals surface area contributed by atoms with Gasteiger partial charge in [0, 0.05) is 6.04 Å². The topological polar surface area (TPSA) is 12.0 Å². The van der Waals surface area contributed by atoms with Crippen molar-refractivity contribution in [2.75, 3.05) is 6.54 Å². The Morgan fingerprint density at radius 2 is 2.22 bits per heavy atom. The molecule has 0 radical (unpaired) electrons. The van der Waals surface area contributed by atoms with Crippen molar-refractivity contribution in [2.45, 2.75) is 39.2 Å². The molecular formula is C15H21BrFN. The van der Waals surface area contributed by atoms with E-state index in [1.54, 1.807) is 12.1 Å². The van der Waals surface area contributed by atoms with E-state index in [1.807, 2.05) is 13.0 Å². The van der Waals surface area contributed by atoms with Crippen LogP contribution in [-0.4, -0.2) is 6.54 Å². The molecule has 0 aromatic heterocycles. The summed E-state index contributed by atoms with van der Waals surface area (Å²) in [5.41, 5.74) is 2.17. The van der Waals surface area contributed by atoms with E-state index >= 15 is 0 Å². The molecule has 0 heterocycles. The van der Waals surface area contributed by atoms with E-state index < -0.39 is 0 Å². The average molecular weight is 314 g/mol. The van der Waals surface area contributed by atoms with Crippen molar-refractivity contribution >= 4 is 15.9 Å². The van der Waals surface area contributed by atoms with Crippen LogP contribution in [-0.2, 0) is 0 Å². The lowest BCUT2D eigenvalue weighted by Crippen LogP contribution is -2.22. The normalized spacial score (nSPS) is 12.4. The Hall–Kier alpha value is -0.670. The summed E-state index contributed by atoms with van der Waals surface area (Å²) >= 11 is 3.18. The zero-order valence-corrected chi connectivity index (χ0v) is 12.7. The first-order valence-electron chi connectivity index (χ1n) is 6.37. The molecule has 0 aliphatic rings. The maximum absolute atomic E-state index is 13.6. The summed E-state index contributed by atoms with van der Waals surface area (Å²) in [5, 5.41) is 3.46. The fourth-order valence-electron chi connectivity index (χ4n) is 1.83. The molecule has 1 unspecified atom stereocenters. The highest BCUT2D eigenvalue weighted by Crippen LogP contribution is 2.24. The molecule has 0 saturated carbocycles. The summed E-state index contributed by atoms with van der Waals surface area (Å²) in [4.78, 5) is 0. The molecule has 0 bridgehead atoms. The quantitative estimate of drug-likeness (QED) is 0.700. The first-order chi connectivity index (χ1) is 8.54. The minimum absolute atomic E-state index is 0.198. The van der Waals surface area contributed by atoms with Crippen LogP contribution in [0.2, 0.25) is 0 Å². The van der Waals surface area contributed by atoms with E-state index in [-0.39, 0.29) is 11.9 Å². The second-order valence-corrected chi connectivity index (χ2v) is 5.53. The average Bonchev–Trinajstić information content (AvgIpc) is 2.33. The Bertz CT molecular complexity index is 403. The zero-order chi connectivity index (χ0) is 13.5. The van der Waals surface area contributed by atoms with Gasteiger partial charge in [-0.1, -0.05) is 18.6 Å². The predicted octanol–water partition coefficient (Wildman–Crippen LogP) is 4.99. The highest BCUT2D eigenvalue weighted by atomic mass is 79.9. The van der Waals surface area contributed by atoms with Crippen LogP contribution in [0.4, 0.5) is 4.39 Å². The molecule has 0 aliphatic heterocycles. The van der Waals surface area contributed by atoms with E-state index in [0.717, 1.165) is 36.9 Å². The number of rotatable bonds is 7. The Kier molecular flexibility index (Phi) is 6.58. The molecule has 1 atom stereocenters. The van der Waals surface area contributed by atoms with Gasteiger partial charge >= 0.3 is 0 Å². The molecule has 1 rings (SSSR count). The Balaban J connectivity index is 2.79. The number of benzene rings is 1. The third-order valence-electron chi connectivity index (χ3n) is 2.85. The lowest BCUT2D eigenvalue weighted by Gasteiger charge is -2.19. The fraction of sp³-hybridized carbons (Fsp3) is 0.467. The minimum Gasteiger partial charge on any atom is -0.310 e. The maximum Gasteiger partial charge on any atom is 0.137 e. The van der Waals surface area contributed by atoms with Crippen LogP contribution in [0.25, 0.3) is 0 Å². The molecule has 0 saturated heterocycles. The third kappa shape index (κ3) is 4.91. The summed E-state index contributed by atoms with van der Waals surface area (Å²) in [5.74, 6) is -0.203. The summed E-state index contributed by atoms with van der Waals surface area (Å²) in [6.45, 7) is 9.02. The Morgan fingerprint density at radius 3 is 2.78 bits per heavy atom. The van der Waals surface area contributed by atoms with Gasteiger partial charge in [0.2, 0.25) is 0 Å². The summed E-state index contributed by atoms with van der Waals surface area (Å²) in [7, 11) is 0. The van der Waals surface area contributed by atoms with Crippen LogP contribution in [0.15, 0.2) is 34.8 Å². The van der Waals surface area contributed by atoms with Crippen LogP contribution in [0.1, 0.15) is 44.7 Å². The molecule has 0 amide bonds. The molecule has 100 valence electrons. The molecule has 3 heteroatoms. The van der Waals surface area contributed by atoms with Gasteiger partial charge in [0.15, 0.2) is 0 Å². The summed E-state index contributed by atoms with van der Waals surface area (Å²) in [6.07, 6.45) is 2.98. The van der Waals surface area contributed by atoms with Crippen LogP contribution in [0.5, 0.6) is 0 Å². The number of allylic oxidation sites excluding steroid dienone is 1. The van der Waals surface area contributed by atoms with E-state index in [4.69, 9.17) is 0 Å². The minimum atomic E-state index is -0.203. The Labute approximate surface area is 118 Å². The molecular weight excluding hydrogens is 293 g/mol. The van der Waals surface area contributed by atoms with E-state index in [2.05, 4.69) is 34.7 Å². The van der Waals surface area contributed by atoms with Crippen molar-refractivity contribution in [3.05, 3.63) is 46.2 Å². The number of halogens is 2. The molecule has 0 spiro atoms. The number of nitrogens with one attached hydrogen (secondary N) is 1. The second-order valence-electron chi connectivity index (χ2n) is 4.68. The Morgan fingerprint density at radius 1 is 1.50 bits per heavy atom. The monoisotopic (exact) mass is 313 g/mol. The van der Waals surface area contributed by atoms with Gasteiger partial charge in [-0.2, -0.15) is 0 Å². The van der Waals surface area contributed by atoms with E-state index in [9.17, 15) is 4.39 Å². The van der Waals surface area contributed by atoms with Gasteiger partial charge in [-0.25, -0.2) is 4.39 Å². The van der Waals surface area contributed by atoms with Gasteiger partial charge in [-0.05, 0) is 66.4 Å². The first kappa shape index (κ1) is 15.4. The van der Waals surface area contributed by atoms with Gasteiger partial charge in [0.25, 0.3) is 0 Å². The molecule has 18 heavy (non-hydrogen) atoms. The fourth-order valence-corrected chi connectivity index (χ4v) is 2.07. The summed E-state index contributed by atoms with van der Waals surface area (Å²) < 4.78 is 14.1. The van der Waals surface area contributed by atoms with Gasteiger partial charge in [-0.15, -0.1) is 6.58 Å². The molecule has 1 aromatic rings. The molecule has 1 N–H and O–H groups in total. The lowest BCUT2D eigenvalue weighted by molar-refractivity contribution is 0.495. The zero-order valence-electron chi connectivity index (χ0n) is 11.1. The van der Waals surface area contributed by atoms with Crippen molar-refractivity contribution in [1.29, 1.82) is 0 Å². The van der Waals surface area contributed by atoms with Gasteiger partial charge < -0.3 is 5.32 Å². The number of hydrogen-bond donors (Lipinski definition) is 1. The highest BCUT2D eigenvalue weighted by Gasteiger charge is 2.12. The van der Waals surface area contributed by atoms with Crippen molar-refractivity contribution in [1.82, 2.24) is 5.32 Å². The third-order valence-corrected chi connectivity index (χ3v) is 3.49. The molecule has 0 fully saturated rings. The maximum atomic E-state index is 13.6. The highest BCUT2D eigenvalue weighted by molar-refractivity contribution is 9.10. The van der Waals surface area contributed by atoms with Crippen molar-refractivity contribution in [2.24, 2.45) is 0 Å². The van der Waals surface area contributed by atoms with Gasteiger partial charge in [-0.3, -0.25) is 0 Å². The number of hydrogen-bond acceptors (Lipinski definition) is 1. The first-order valence-corrected chi connectivity index (χ1v) is 7.16. The van der Waals surface area contributed by atoms with Crippen LogP contribution < -0.4 is 5.32 Å². The van der Waals surface area contributed by atoms with Crippen LogP contribution in [0.3, 0.4) is 0 Å². The van der Waals surface area contributed by atoms with E-state index in [0.29, 0.717) is 4.47 Å². The van der Waals surface area contributed by atoms with Gasteiger partial charge in [0.05, 0.1) is 4.47 Å². The predicted molar refractivity (Wildman–Crippen MR) is 79.2 cm³/mol. The lowest BCUT2D eigenvalue weighted by atomic mass is 9.99. The SMILES string of the molecule is C=C(C)CCC(NCCC)c1ccc(Br)c(F)c1. The van der Waals surface area contributed by atoms with Gasteiger partial charge in [0.1, 0.15) is 5.82 Å². The van der Waals surface area contributed by atoms with Crippen molar-refractivity contribution in [3.8, 4) is 0 Å². The standard InChI is InChI=1S/C15H21BrFN/c1-4-9-18-15(8-5-11(2)3)12-6-7-13(16)14(17)10-12/h6-7,10,15,18H,2,4-5,8-9H2,1,3H3. The van der Waals surface area contributed by atoms with Crippen molar-refractivity contribution in [3.63, 3.8) is 0 Å². The van der Waals surface area contributed by atoms with Crippen LogP contribution in [0, 0.1) is 5.82 Å².